The Hall–Kier alpha value is -3.06. The zero-order valence-electron chi connectivity index (χ0n) is 11.4. The summed E-state index contributed by atoms with van der Waals surface area (Å²) in [4.78, 5) is 12.3. The van der Waals surface area contributed by atoms with E-state index < -0.39 is 0 Å². The van der Waals surface area contributed by atoms with Crippen LogP contribution in [-0.4, -0.2) is 9.67 Å². The minimum atomic E-state index is -0.361. The van der Waals surface area contributed by atoms with E-state index in [1.54, 1.807) is 13.0 Å². The smallest absolute Gasteiger partial charge is 0.258 e. The molecule has 4 heteroatoms. The van der Waals surface area contributed by atoms with E-state index in [0.717, 1.165) is 10.8 Å². The number of benzene rings is 2. The average molecular weight is 276 g/mol. The molecule has 0 radical (unpaired) electrons. The van der Waals surface area contributed by atoms with Gasteiger partial charge in [0.25, 0.3) is 5.56 Å². The van der Waals surface area contributed by atoms with Gasteiger partial charge in [0.1, 0.15) is 11.6 Å². The Balaban J connectivity index is 2.45. The predicted octanol–water partition coefficient (Wildman–Crippen LogP) is 2.88. The molecule has 102 valence electrons. The molecule has 2 aromatic carbocycles. The highest BCUT2D eigenvalue weighted by atomic mass is 16.3. The number of hydrogen-bond donors (Lipinski definition) is 1. The molecule has 1 heterocycles. The lowest BCUT2D eigenvalue weighted by Gasteiger charge is -2.13. The normalized spacial score (nSPS) is 10.5. The van der Waals surface area contributed by atoms with Gasteiger partial charge >= 0.3 is 0 Å². The third kappa shape index (κ3) is 1.96. The van der Waals surface area contributed by atoms with Crippen LogP contribution in [0, 0.1) is 18.3 Å². The molecular weight excluding hydrogens is 264 g/mol. The minimum Gasteiger partial charge on any atom is -0.493 e. The third-order valence-corrected chi connectivity index (χ3v) is 3.51. The van der Waals surface area contributed by atoms with Gasteiger partial charge in [0.05, 0.1) is 5.69 Å². The first-order chi connectivity index (χ1) is 10.1. The van der Waals surface area contributed by atoms with Crippen LogP contribution in [0.1, 0.15) is 11.1 Å². The molecule has 1 N–H and O–H groups in total. The van der Waals surface area contributed by atoms with Gasteiger partial charge in [0.2, 0.25) is 5.88 Å². The molecule has 21 heavy (non-hydrogen) atoms. The molecule has 0 aliphatic rings. The van der Waals surface area contributed by atoms with Crippen molar-refractivity contribution < 1.29 is 5.11 Å². The molecule has 0 unspecified atom stereocenters. The third-order valence-electron chi connectivity index (χ3n) is 3.51. The van der Waals surface area contributed by atoms with Crippen LogP contribution in [0.25, 0.3) is 16.5 Å². The summed E-state index contributed by atoms with van der Waals surface area (Å²) in [5, 5.41) is 21.3. The fraction of sp³-hybridized carbons (Fsp3) is 0.0588. The van der Waals surface area contributed by atoms with Gasteiger partial charge in [-0.05, 0) is 23.9 Å². The lowest BCUT2D eigenvalue weighted by molar-refractivity contribution is 0.433. The summed E-state index contributed by atoms with van der Waals surface area (Å²) in [6.45, 7) is 1.63. The second-order valence-electron chi connectivity index (χ2n) is 4.81. The summed E-state index contributed by atoms with van der Waals surface area (Å²) >= 11 is 0. The fourth-order valence-electron chi connectivity index (χ4n) is 2.49. The van der Waals surface area contributed by atoms with Crippen LogP contribution < -0.4 is 5.56 Å². The monoisotopic (exact) mass is 276 g/mol. The molecule has 0 fully saturated rings. The van der Waals surface area contributed by atoms with Crippen molar-refractivity contribution in [1.29, 1.82) is 5.26 Å². The Morgan fingerprint density at radius 3 is 2.62 bits per heavy atom. The molecule has 4 nitrogen and oxygen atoms in total. The minimum absolute atomic E-state index is 0.113. The van der Waals surface area contributed by atoms with Crippen molar-refractivity contribution in [3.8, 4) is 17.6 Å². The van der Waals surface area contributed by atoms with Crippen molar-refractivity contribution in [3.05, 3.63) is 70.0 Å². The number of aromatic hydroxyl groups is 1. The summed E-state index contributed by atoms with van der Waals surface area (Å²) < 4.78 is 1.17. The maximum absolute atomic E-state index is 12.3. The Morgan fingerprint density at radius 2 is 1.86 bits per heavy atom. The molecule has 0 aliphatic carbocycles. The van der Waals surface area contributed by atoms with E-state index >= 15 is 0 Å². The maximum atomic E-state index is 12.3. The SMILES string of the molecule is Cc1cc(=O)n(-c2cccc3ccccc23)c(O)c1C#N. The zero-order chi connectivity index (χ0) is 15.0. The van der Waals surface area contributed by atoms with Gasteiger partial charge in [-0.3, -0.25) is 4.79 Å². The van der Waals surface area contributed by atoms with Gasteiger partial charge in [-0.1, -0.05) is 36.4 Å². The maximum Gasteiger partial charge on any atom is 0.258 e. The molecule has 3 rings (SSSR count). The van der Waals surface area contributed by atoms with Crippen molar-refractivity contribution in [2.75, 3.05) is 0 Å². The molecule has 0 bridgehead atoms. The van der Waals surface area contributed by atoms with Gasteiger partial charge < -0.3 is 5.11 Å². The predicted molar refractivity (Wildman–Crippen MR) is 80.7 cm³/mol. The Bertz CT molecular complexity index is 944. The second-order valence-corrected chi connectivity index (χ2v) is 4.81. The largest absolute Gasteiger partial charge is 0.493 e. The van der Waals surface area contributed by atoms with Gasteiger partial charge in [-0.2, -0.15) is 5.26 Å². The van der Waals surface area contributed by atoms with Crippen molar-refractivity contribution in [3.63, 3.8) is 0 Å². The first-order valence-electron chi connectivity index (χ1n) is 6.47. The lowest BCUT2D eigenvalue weighted by atomic mass is 10.1. The fourth-order valence-corrected chi connectivity index (χ4v) is 2.49. The van der Waals surface area contributed by atoms with Crippen molar-refractivity contribution in [2.45, 2.75) is 6.92 Å². The molecule has 0 aliphatic heterocycles. The highest BCUT2D eigenvalue weighted by Crippen LogP contribution is 2.26. The highest BCUT2D eigenvalue weighted by Gasteiger charge is 2.15. The number of pyridine rings is 1. The van der Waals surface area contributed by atoms with Crippen molar-refractivity contribution in [2.24, 2.45) is 0 Å². The summed E-state index contributed by atoms with van der Waals surface area (Å²) in [6.07, 6.45) is 0. The number of rotatable bonds is 1. The van der Waals surface area contributed by atoms with Crippen LogP contribution in [0.5, 0.6) is 5.88 Å². The Labute approximate surface area is 121 Å². The summed E-state index contributed by atoms with van der Waals surface area (Å²) in [7, 11) is 0. The highest BCUT2D eigenvalue weighted by molar-refractivity contribution is 5.90. The van der Waals surface area contributed by atoms with Gasteiger partial charge in [0, 0.05) is 11.5 Å². The second kappa shape index (κ2) is 4.80. The Kier molecular flexibility index (Phi) is 2.96. The average Bonchev–Trinajstić information content (AvgIpc) is 2.47. The number of aromatic nitrogens is 1. The van der Waals surface area contributed by atoms with E-state index in [4.69, 9.17) is 5.26 Å². The van der Waals surface area contributed by atoms with Crippen LogP contribution in [-0.2, 0) is 0 Å². The van der Waals surface area contributed by atoms with E-state index in [2.05, 4.69) is 0 Å². The van der Waals surface area contributed by atoms with Crippen molar-refractivity contribution >= 4 is 10.8 Å². The summed E-state index contributed by atoms with van der Waals surface area (Å²) in [5.41, 5.74) is 0.784. The van der Waals surface area contributed by atoms with Crippen LogP contribution in [0.15, 0.2) is 53.3 Å². The topological polar surface area (TPSA) is 66.0 Å². The summed E-state index contributed by atoms with van der Waals surface area (Å²) in [6, 6.07) is 16.4. The first-order valence-corrected chi connectivity index (χ1v) is 6.47. The molecular formula is C17H12N2O2. The van der Waals surface area contributed by atoms with Crippen LogP contribution in [0.2, 0.25) is 0 Å². The number of aryl methyl sites for hydroxylation is 1. The number of nitriles is 1. The molecule has 1 aromatic heterocycles. The van der Waals surface area contributed by atoms with Gasteiger partial charge in [-0.15, -0.1) is 0 Å². The van der Waals surface area contributed by atoms with Crippen LogP contribution >= 0.6 is 0 Å². The van der Waals surface area contributed by atoms with Gasteiger partial charge in [0.15, 0.2) is 0 Å². The molecule has 0 saturated heterocycles. The molecule has 0 atom stereocenters. The van der Waals surface area contributed by atoms with Crippen LogP contribution in [0.3, 0.4) is 0 Å². The number of hydrogen-bond acceptors (Lipinski definition) is 3. The van der Waals surface area contributed by atoms with Crippen molar-refractivity contribution in [1.82, 2.24) is 4.57 Å². The van der Waals surface area contributed by atoms with Gasteiger partial charge in [-0.25, -0.2) is 4.57 Å². The lowest BCUT2D eigenvalue weighted by Crippen LogP contribution is -2.19. The summed E-state index contributed by atoms with van der Waals surface area (Å²) in [5.74, 6) is -0.321. The first kappa shape index (κ1) is 12.9. The Morgan fingerprint density at radius 1 is 1.14 bits per heavy atom. The molecule has 0 amide bonds. The van der Waals surface area contributed by atoms with E-state index in [9.17, 15) is 9.90 Å². The van der Waals surface area contributed by atoms with Crippen LogP contribution in [0.4, 0.5) is 0 Å². The van der Waals surface area contributed by atoms with E-state index in [0.29, 0.717) is 11.3 Å². The molecule has 0 spiro atoms. The standard InChI is InChI=1S/C17H12N2O2/c1-11-9-16(20)19(17(21)14(11)10-18)15-8-4-6-12-5-2-3-7-13(12)15/h2-9,21H,1H3. The quantitative estimate of drug-likeness (QED) is 0.743. The molecule has 0 saturated carbocycles. The van der Waals surface area contributed by atoms with E-state index in [-0.39, 0.29) is 17.0 Å². The zero-order valence-corrected chi connectivity index (χ0v) is 11.4. The number of nitrogens with zero attached hydrogens (tertiary/aromatic N) is 2. The molecule has 3 aromatic rings. The van der Waals surface area contributed by atoms with E-state index in [1.165, 1.54) is 10.6 Å². The van der Waals surface area contributed by atoms with E-state index in [1.807, 2.05) is 42.5 Å². The number of fused-ring (bicyclic) bond motifs is 1.